The Balaban J connectivity index is 2.24. The van der Waals surface area contributed by atoms with Gasteiger partial charge in [0.2, 0.25) is 11.6 Å². The van der Waals surface area contributed by atoms with E-state index in [0.717, 1.165) is 12.8 Å². The standard InChI is InChI=1S/C8H13N5O/c9-5-7(14)8-10-11-12-13(8)6-3-1-2-4-6/h6H,1-5,9H2. The van der Waals surface area contributed by atoms with E-state index in [1.165, 1.54) is 12.8 Å². The molecule has 6 nitrogen and oxygen atoms in total. The SMILES string of the molecule is NCC(=O)c1nnnn1C1CCCC1. The van der Waals surface area contributed by atoms with Crippen LogP contribution in [0.1, 0.15) is 42.3 Å². The average Bonchev–Trinajstić information content (AvgIpc) is 2.85. The summed E-state index contributed by atoms with van der Waals surface area (Å²) in [6.07, 6.45) is 4.47. The van der Waals surface area contributed by atoms with Crippen LogP contribution in [0.3, 0.4) is 0 Å². The number of Topliss-reactive ketones (excluding diaryl/α,β-unsaturated/α-hetero) is 1. The van der Waals surface area contributed by atoms with Crippen molar-refractivity contribution < 1.29 is 4.79 Å². The Morgan fingerprint density at radius 1 is 1.50 bits per heavy atom. The lowest BCUT2D eigenvalue weighted by molar-refractivity contribution is 0.0983. The molecule has 0 saturated heterocycles. The number of tetrazole rings is 1. The maximum absolute atomic E-state index is 11.4. The fourth-order valence-corrected chi connectivity index (χ4v) is 1.86. The number of rotatable bonds is 3. The number of carbonyl (C=O) groups excluding carboxylic acids is 1. The van der Waals surface area contributed by atoms with E-state index in [9.17, 15) is 4.79 Å². The molecule has 1 fully saturated rings. The molecule has 0 amide bonds. The highest BCUT2D eigenvalue weighted by molar-refractivity contribution is 5.93. The van der Waals surface area contributed by atoms with Gasteiger partial charge in [-0.25, -0.2) is 4.68 Å². The highest BCUT2D eigenvalue weighted by Gasteiger charge is 2.23. The minimum atomic E-state index is -0.193. The van der Waals surface area contributed by atoms with Crippen molar-refractivity contribution in [2.75, 3.05) is 6.54 Å². The molecule has 2 rings (SSSR count). The number of nitrogens with two attached hydrogens (primary N) is 1. The summed E-state index contributed by atoms with van der Waals surface area (Å²) in [6.45, 7) is -0.0346. The molecule has 6 heteroatoms. The Bertz CT molecular complexity index is 328. The van der Waals surface area contributed by atoms with Crippen molar-refractivity contribution in [3.05, 3.63) is 5.82 Å². The second kappa shape index (κ2) is 3.83. The van der Waals surface area contributed by atoms with Crippen molar-refractivity contribution in [1.82, 2.24) is 20.2 Å². The van der Waals surface area contributed by atoms with Crippen molar-refractivity contribution >= 4 is 5.78 Å². The van der Waals surface area contributed by atoms with Crippen LogP contribution in [0.2, 0.25) is 0 Å². The van der Waals surface area contributed by atoms with E-state index in [0.29, 0.717) is 5.82 Å². The first kappa shape index (κ1) is 9.26. The topological polar surface area (TPSA) is 86.7 Å². The minimum Gasteiger partial charge on any atom is -0.324 e. The zero-order chi connectivity index (χ0) is 9.97. The highest BCUT2D eigenvalue weighted by Crippen LogP contribution is 2.28. The van der Waals surface area contributed by atoms with E-state index in [1.807, 2.05) is 0 Å². The Morgan fingerprint density at radius 3 is 2.86 bits per heavy atom. The van der Waals surface area contributed by atoms with Crippen molar-refractivity contribution in [3.8, 4) is 0 Å². The Labute approximate surface area is 81.5 Å². The lowest BCUT2D eigenvalue weighted by Gasteiger charge is -2.09. The Hall–Kier alpha value is -1.30. The van der Waals surface area contributed by atoms with Crippen LogP contribution in [-0.2, 0) is 0 Å². The van der Waals surface area contributed by atoms with Gasteiger partial charge in [-0.2, -0.15) is 0 Å². The first-order valence-corrected chi connectivity index (χ1v) is 4.84. The molecule has 0 spiro atoms. The van der Waals surface area contributed by atoms with Gasteiger partial charge in [0.15, 0.2) is 0 Å². The fraction of sp³-hybridized carbons (Fsp3) is 0.750. The molecular formula is C8H13N5O. The Kier molecular flexibility index (Phi) is 2.53. The van der Waals surface area contributed by atoms with Gasteiger partial charge < -0.3 is 5.73 Å². The molecule has 14 heavy (non-hydrogen) atoms. The molecule has 0 aromatic carbocycles. The van der Waals surface area contributed by atoms with Crippen LogP contribution >= 0.6 is 0 Å². The number of aromatic nitrogens is 4. The summed E-state index contributed by atoms with van der Waals surface area (Å²) in [5.74, 6) is 0.112. The molecule has 0 radical (unpaired) electrons. The summed E-state index contributed by atoms with van der Waals surface area (Å²) < 4.78 is 1.63. The second-order valence-corrected chi connectivity index (χ2v) is 3.51. The summed E-state index contributed by atoms with van der Waals surface area (Å²) in [7, 11) is 0. The first-order valence-electron chi connectivity index (χ1n) is 4.84. The van der Waals surface area contributed by atoms with E-state index >= 15 is 0 Å². The fourth-order valence-electron chi connectivity index (χ4n) is 1.86. The molecule has 0 bridgehead atoms. The van der Waals surface area contributed by atoms with Gasteiger partial charge in [0.05, 0.1) is 12.6 Å². The van der Waals surface area contributed by atoms with E-state index in [1.54, 1.807) is 4.68 Å². The molecule has 2 N–H and O–H groups in total. The van der Waals surface area contributed by atoms with Gasteiger partial charge in [-0.05, 0) is 23.3 Å². The summed E-state index contributed by atoms with van der Waals surface area (Å²) >= 11 is 0. The van der Waals surface area contributed by atoms with E-state index in [2.05, 4.69) is 15.5 Å². The average molecular weight is 195 g/mol. The smallest absolute Gasteiger partial charge is 0.219 e. The van der Waals surface area contributed by atoms with Crippen LogP contribution in [0.5, 0.6) is 0 Å². The van der Waals surface area contributed by atoms with Crippen molar-refractivity contribution in [2.24, 2.45) is 5.73 Å². The summed E-state index contributed by atoms with van der Waals surface area (Å²) in [5.41, 5.74) is 5.27. The van der Waals surface area contributed by atoms with Crippen molar-refractivity contribution in [2.45, 2.75) is 31.7 Å². The van der Waals surface area contributed by atoms with Gasteiger partial charge in [-0.1, -0.05) is 12.8 Å². The molecule has 0 aliphatic heterocycles. The third kappa shape index (κ3) is 1.52. The minimum absolute atomic E-state index is 0.0346. The van der Waals surface area contributed by atoms with Crippen LogP contribution in [0, 0.1) is 0 Å². The number of hydrogen-bond donors (Lipinski definition) is 1. The number of nitrogens with zero attached hydrogens (tertiary/aromatic N) is 4. The lowest BCUT2D eigenvalue weighted by Crippen LogP contribution is -2.21. The normalized spacial score (nSPS) is 17.5. The quantitative estimate of drug-likeness (QED) is 0.682. The van der Waals surface area contributed by atoms with Gasteiger partial charge in [0.25, 0.3) is 0 Å². The highest BCUT2D eigenvalue weighted by atomic mass is 16.1. The van der Waals surface area contributed by atoms with Gasteiger partial charge in [-0.15, -0.1) is 5.10 Å². The zero-order valence-electron chi connectivity index (χ0n) is 7.89. The molecular weight excluding hydrogens is 182 g/mol. The van der Waals surface area contributed by atoms with Crippen LogP contribution in [-0.4, -0.2) is 32.5 Å². The Morgan fingerprint density at radius 2 is 2.21 bits per heavy atom. The number of ketones is 1. The van der Waals surface area contributed by atoms with E-state index < -0.39 is 0 Å². The zero-order valence-corrected chi connectivity index (χ0v) is 7.89. The molecule has 1 saturated carbocycles. The molecule has 1 aromatic heterocycles. The molecule has 1 heterocycles. The lowest BCUT2D eigenvalue weighted by atomic mass is 10.2. The predicted octanol–water partition coefficient (Wildman–Crippen LogP) is -0.0704. The summed E-state index contributed by atoms with van der Waals surface area (Å²) in [6, 6.07) is 0.287. The van der Waals surface area contributed by atoms with Gasteiger partial charge in [-0.3, -0.25) is 4.79 Å². The predicted molar refractivity (Wildman–Crippen MR) is 48.7 cm³/mol. The summed E-state index contributed by atoms with van der Waals surface area (Å²) in [5, 5.41) is 11.1. The maximum Gasteiger partial charge on any atom is 0.219 e. The monoisotopic (exact) mass is 195 g/mol. The van der Waals surface area contributed by atoms with Crippen LogP contribution in [0.25, 0.3) is 0 Å². The van der Waals surface area contributed by atoms with Crippen LogP contribution in [0.15, 0.2) is 0 Å². The van der Waals surface area contributed by atoms with E-state index in [-0.39, 0.29) is 18.4 Å². The maximum atomic E-state index is 11.4. The molecule has 1 aromatic rings. The molecule has 1 aliphatic rings. The summed E-state index contributed by atoms with van der Waals surface area (Å²) in [4.78, 5) is 11.4. The molecule has 0 atom stereocenters. The first-order chi connectivity index (χ1) is 6.83. The van der Waals surface area contributed by atoms with Crippen molar-refractivity contribution in [3.63, 3.8) is 0 Å². The number of carbonyl (C=O) groups is 1. The van der Waals surface area contributed by atoms with Gasteiger partial charge >= 0.3 is 0 Å². The largest absolute Gasteiger partial charge is 0.324 e. The van der Waals surface area contributed by atoms with Crippen LogP contribution in [0.4, 0.5) is 0 Å². The van der Waals surface area contributed by atoms with Crippen LogP contribution < -0.4 is 5.73 Å². The van der Waals surface area contributed by atoms with E-state index in [4.69, 9.17) is 5.73 Å². The van der Waals surface area contributed by atoms with Crippen molar-refractivity contribution in [1.29, 1.82) is 0 Å². The third-order valence-corrected chi connectivity index (χ3v) is 2.60. The van der Waals surface area contributed by atoms with Gasteiger partial charge in [0, 0.05) is 0 Å². The number of hydrogen-bond acceptors (Lipinski definition) is 5. The molecule has 0 unspecified atom stereocenters. The van der Waals surface area contributed by atoms with Gasteiger partial charge in [0.1, 0.15) is 0 Å². The molecule has 76 valence electrons. The molecule has 1 aliphatic carbocycles. The second-order valence-electron chi connectivity index (χ2n) is 3.51. The third-order valence-electron chi connectivity index (χ3n) is 2.60.